The van der Waals surface area contributed by atoms with Crippen molar-refractivity contribution in [3.8, 4) is 5.75 Å². The minimum atomic E-state index is -0.763. The highest BCUT2D eigenvalue weighted by atomic mass is 35.5. The number of hydrogen-bond acceptors (Lipinski definition) is 4. The van der Waals surface area contributed by atoms with Crippen LogP contribution in [0.1, 0.15) is 32.6 Å². The number of benzene rings is 1. The number of nitrogens with one attached hydrogen (secondary N) is 2. The van der Waals surface area contributed by atoms with E-state index in [1.807, 2.05) is 6.92 Å². The number of aliphatic carboxylic acids is 1. The fraction of sp³-hybridized carbons (Fsp3) is 0.556. The molecule has 3 N–H and O–H groups in total. The predicted octanol–water partition coefficient (Wildman–Crippen LogP) is 3.52. The highest BCUT2D eigenvalue weighted by Crippen LogP contribution is 2.28. The summed E-state index contributed by atoms with van der Waals surface area (Å²) in [5.41, 5.74) is 0.478. The third kappa shape index (κ3) is 6.38. The van der Waals surface area contributed by atoms with E-state index < -0.39 is 5.97 Å². The molecule has 0 aliphatic heterocycles. The van der Waals surface area contributed by atoms with Crippen molar-refractivity contribution >= 4 is 29.3 Å². The van der Waals surface area contributed by atoms with Crippen molar-refractivity contribution in [1.29, 1.82) is 0 Å². The minimum Gasteiger partial charge on any atom is -0.489 e. The van der Waals surface area contributed by atoms with Crippen LogP contribution in [0, 0.1) is 5.92 Å². The fourth-order valence-electron chi connectivity index (χ4n) is 2.91. The van der Waals surface area contributed by atoms with Crippen LogP contribution in [0.5, 0.6) is 5.75 Å². The van der Waals surface area contributed by atoms with Crippen molar-refractivity contribution in [1.82, 2.24) is 5.32 Å². The van der Waals surface area contributed by atoms with Crippen LogP contribution in [0.4, 0.5) is 10.5 Å². The van der Waals surface area contributed by atoms with E-state index in [9.17, 15) is 9.59 Å². The van der Waals surface area contributed by atoms with Crippen molar-refractivity contribution in [2.45, 2.75) is 38.6 Å². The maximum Gasteiger partial charge on any atom is 0.319 e. The topological polar surface area (TPSA) is 96.9 Å². The van der Waals surface area contributed by atoms with Crippen molar-refractivity contribution in [2.24, 2.45) is 5.92 Å². The summed E-state index contributed by atoms with van der Waals surface area (Å²) < 4.78 is 10.9. The van der Waals surface area contributed by atoms with Gasteiger partial charge in [0.05, 0.1) is 18.2 Å². The highest BCUT2D eigenvalue weighted by Gasteiger charge is 2.26. The van der Waals surface area contributed by atoms with Crippen molar-refractivity contribution in [3.05, 3.63) is 23.2 Å². The molecule has 0 bridgehead atoms. The standard InChI is InChI=1S/C18H25ClN2O5/c1-2-25-9-10-26-16-8-5-13(19)11-15(16)21-18(24)20-14-6-3-12(4-7-14)17(22)23/h5,8,11-12,14H,2-4,6-7,9-10H2,1H3,(H,22,23)(H2,20,21,24). The van der Waals surface area contributed by atoms with Gasteiger partial charge in [0, 0.05) is 17.7 Å². The van der Waals surface area contributed by atoms with E-state index in [1.165, 1.54) is 0 Å². The van der Waals surface area contributed by atoms with Gasteiger partial charge in [-0.05, 0) is 50.8 Å². The SMILES string of the molecule is CCOCCOc1ccc(Cl)cc1NC(=O)NC1CCC(C(=O)O)CC1. The molecule has 26 heavy (non-hydrogen) atoms. The number of anilines is 1. The number of carbonyl (C=O) groups is 2. The van der Waals surface area contributed by atoms with Crippen LogP contribution in [-0.2, 0) is 9.53 Å². The van der Waals surface area contributed by atoms with E-state index in [-0.39, 0.29) is 18.0 Å². The van der Waals surface area contributed by atoms with E-state index in [4.69, 9.17) is 26.2 Å². The number of rotatable bonds is 8. The first-order valence-corrected chi connectivity index (χ1v) is 9.17. The van der Waals surface area contributed by atoms with Crippen LogP contribution in [0.2, 0.25) is 5.02 Å². The van der Waals surface area contributed by atoms with Crippen LogP contribution >= 0.6 is 11.6 Å². The summed E-state index contributed by atoms with van der Waals surface area (Å²) in [6.07, 6.45) is 2.45. The zero-order valence-corrected chi connectivity index (χ0v) is 15.6. The van der Waals surface area contributed by atoms with Crippen LogP contribution < -0.4 is 15.4 Å². The Morgan fingerprint density at radius 1 is 1.23 bits per heavy atom. The van der Waals surface area contributed by atoms with Gasteiger partial charge in [0.15, 0.2) is 0 Å². The molecule has 1 aliphatic rings. The van der Waals surface area contributed by atoms with Gasteiger partial charge in [-0.25, -0.2) is 4.79 Å². The normalized spacial score (nSPS) is 19.6. The second-order valence-electron chi connectivity index (χ2n) is 6.17. The predicted molar refractivity (Wildman–Crippen MR) is 99.0 cm³/mol. The van der Waals surface area contributed by atoms with Gasteiger partial charge in [0.25, 0.3) is 0 Å². The molecule has 0 atom stereocenters. The fourth-order valence-corrected chi connectivity index (χ4v) is 3.08. The van der Waals surface area contributed by atoms with Gasteiger partial charge >= 0.3 is 12.0 Å². The maximum atomic E-state index is 12.3. The smallest absolute Gasteiger partial charge is 0.319 e. The van der Waals surface area contributed by atoms with Crippen molar-refractivity contribution in [2.75, 3.05) is 25.1 Å². The number of hydrogen-bond donors (Lipinski definition) is 3. The number of ether oxygens (including phenoxy) is 2. The Hall–Kier alpha value is -1.99. The second-order valence-corrected chi connectivity index (χ2v) is 6.61. The number of amides is 2. The Balaban J connectivity index is 1.87. The molecule has 1 aromatic carbocycles. The Labute approximate surface area is 158 Å². The molecular formula is C18H25ClN2O5. The zero-order chi connectivity index (χ0) is 18.9. The van der Waals surface area contributed by atoms with Crippen molar-refractivity contribution in [3.63, 3.8) is 0 Å². The van der Waals surface area contributed by atoms with Gasteiger partial charge in [-0.1, -0.05) is 11.6 Å². The van der Waals surface area contributed by atoms with Crippen LogP contribution in [0.25, 0.3) is 0 Å². The Bertz CT molecular complexity index is 618. The summed E-state index contributed by atoms with van der Waals surface area (Å²) >= 11 is 6.01. The molecule has 144 valence electrons. The number of carboxylic acid groups (broad SMARTS) is 1. The number of urea groups is 1. The average molecular weight is 385 g/mol. The summed E-state index contributed by atoms with van der Waals surface area (Å²) in [7, 11) is 0. The molecule has 1 fully saturated rings. The van der Waals surface area contributed by atoms with Crippen LogP contribution in [-0.4, -0.2) is 43.0 Å². The Morgan fingerprint density at radius 2 is 1.96 bits per heavy atom. The van der Waals surface area contributed by atoms with E-state index >= 15 is 0 Å². The average Bonchev–Trinajstić information content (AvgIpc) is 2.60. The van der Waals surface area contributed by atoms with Gasteiger partial charge in [0.1, 0.15) is 12.4 Å². The lowest BCUT2D eigenvalue weighted by atomic mass is 9.86. The molecule has 1 aliphatic carbocycles. The van der Waals surface area contributed by atoms with Gasteiger partial charge in [0.2, 0.25) is 0 Å². The summed E-state index contributed by atoms with van der Waals surface area (Å²) in [5, 5.41) is 15.2. The molecule has 1 aromatic rings. The molecule has 1 saturated carbocycles. The van der Waals surface area contributed by atoms with Gasteiger partial charge in [-0.3, -0.25) is 4.79 Å². The van der Waals surface area contributed by atoms with Crippen LogP contribution in [0.15, 0.2) is 18.2 Å². The molecule has 0 unspecified atom stereocenters. The highest BCUT2D eigenvalue weighted by molar-refractivity contribution is 6.31. The van der Waals surface area contributed by atoms with E-state index in [2.05, 4.69) is 10.6 Å². The van der Waals surface area contributed by atoms with E-state index in [0.29, 0.717) is 62.0 Å². The van der Waals surface area contributed by atoms with Gasteiger partial charge < -0.3 is 25.2 Å². The first-order valence-electron chi connectivity index (χ1n) is 8.80. The Kier molecular flexibility index (Phi) is 8.00. The molecule has 2 rings (SSSR count). The van der Waals surface area contributed by atoms with Crippen molar-refractivity contribution < 1.29 is 24.2 Å². The molecule has 0 saturated heterocycles. The lowest BCUT2D eigenvalue weighted by Gasteiger charge is -2.27. The van der Waals surface area contributed by atoms with E-state index in [0.717, 1.165) is 0 Å². The maximum absolute atomic E-state index is 12.3. The van der Waals surface area contributed by atoms with Gasteiger partial charge in [-0.15, -0.1) is 0 Å². The zero-order valence-electron chi connectivity index (χ0n) is 14.8. The molecular weight excluding hydrogens is 360 g/mol. The first kappa shape index (κ1) is 20.3. The molecule has 0 heterocycles. The number of carbonyl (C=O) groups excluding carboxylic acids is 1. The molecule has 0 radical (unpaired) electrons. The third-order valence-corrected chi connectivity index (χ3v) is 4.53. The molecule has 2 amide bonds. The van der Waals surface area contributed by atoms with Crippen LogP contribution in [0.3, 0.4) is 0 Å². The second kappa shape index (κ2) is 10.2. The quantitative estimate of drug-likeness (QED) is 0.596. The first-order chi connectivity index (χ1) is 12.5. The van der Waals surface area contributed by atoms with E-state index in [1.54, 1.807) is 18.2 Å². The monoisotopic (exact) mass is 384 g/mol. The molecule has 8 heteroatoms. The minimum absolute atomic E-state index is 0.0351. The summed E-state index contributed by atoms with van der Waals surface area (Å²) in [6.45, 7) is 3.34. The largest absolute Gasteiger partial charge is 0.489 e. The summed E-state index contributed by atoms with van der Waals surface area (Å²) in [5.74, 6) is -0.561. The Morgan fingerprint density at radius 3 is 2.62 bits per heavy atom. The third-order valence-electron chi connectivity index (χ3n) is 4.29. The lowest BCUT2D eigenvalue weighted by Crippen LogP contribution is -2.41. The number of carboxylic acids is 1. The molecule has 0 spiro atoms. The molecule has 7 nitrogen and oxygen atoms in total. The summed E-state index contributed by atoms with van der Waals surface area (Å²) in [6, 6.07) is 4.61. The summed E-state index contributed by atoms with van der Waals surface area (Å²) in [4.78, 5) is 23.3. The van der Waals surface area contributed by atoms with Gasteiger partial charge in [-0.2, -0.15) is 0 Å². The molecule has 0 aromatic heterocycles. The number of halogens is 1. The lowest BCUT2D eigenvalue weighted by molar-refractivity contribution is -0.142.